The van der Waals surface area contributed by atoms with Crippen LogP contribution in [0.3, 0.4) is 0 Å². The third-order valence-electron chi connectivity index (χ3n) is 4.66. The van der Waals surface area contributed by atoms with Crippen molar-refractivity contribution >= 4 is 12.2 Å². The summed E-state index contributed by atoms with van der Waals surface area (Å²) in [5, 5.41) is 62.7. The smallest absolute Gasteiger partial charge is 0.147 e. The van der Waals surface area contributed by atoms with Crippen LogP contribution in [0.15, 0.2) is 72.2 Å². The highest BCUT2D eigenvalue weighted by atomic mass is 16.4. The second kappa shape index (κ2) is 8.58. The summed E-state index contributed by atoms with van der Waals surface area (Å²) >= 11 is 0. The van der Waals surface area contributed by atoms with Gasteiger partial charge in [0.05, 0.1) is 0 Å². The van der Waals surface area contributed by atoms with Crippen molar-refractivity contribution in [2.24, 2.45) is 0 Å². The van der Waals surface area contributed by atoms with E-state index in [1.54, 1.807) is 60.7 Å². The molecule has 28 heavy (non-hydrogen) atoms. The van der Waals surface area contributed by atoms with Crippen molar-refractivity contribution in [1.82, 2.24) is 0 Å². The molecule has 0 aliphatic rings. The number of aliphatic hydroxyl groups is 6. The monoisotopic (exact) mass is 386 g/mol. The average molecular weight is 386 g/mol. The van der Waals surface area contributed by atoms with Crippen LogP contribution in [0.2, 0.25) is 0 Å². The lowest BCUT2D eigenvalue weighted by molar-refractivity contribution is -0.189. The van der Waals surface area contributed by atoms with Gasteiger partial charge in [0.1, 0.15) is 34.9 Å². The van der Waals surface area contributed by atoms with Crippen molar-refractivity contribution in [1.29, 1.82) is 0 Å². The minimum Gasteiger partial charge on any atom is -0.509 e. The number of aliphatic hydroxyl groups excluding tert-OH is 4. The van der Waals surface area contributed by atoms with Crippen LogP contribution in [-0.2, 0) is 0 Å². The van der Waals surface area contributed by atoms with Crippen LogP contribution in [0, 0.1) is 0 Å². The molecule has 2 aromatic rings. The molecule has 0 aliphatic heterocycles. The number of hydrogen-bond donors (Lipinski definition) is 6. The van der Waals surface area contributed by atoms with Gasteiger partial charge in [-0.2, -0.15) is 0 Å². The fourth-order valence-corrected chi connectivity index (χ4v) is 2.81. The summed E-state index contributed by atoms with van der Waals surface area (Å²) in [6, 6.07) is 17.2. The molecule has 0 saturated heterocycles. The lowest BCUT2D eigenvalue weighted by Crippen LogP contribution is -2.60. The summed E-state index contributed by atoms with van der Waals surface area (Å²) in [7, 11) is 0. The molecule has 0 fully saturated rings. The van der Waals surface area contributed by atoms with E-state index in [1.807, 2.05) is 0 Å². The van der Waals surface area contributed by atoms with Gasteiger partial charge in [-0.15, -0.1) is 0 Å². The molecule has 0 radical (unpaired) electrons. The van der Waals surface area contributed by atoms with Crippen LogP contribution in [-0.4, -0.2) is 54.0 Å². The topological polar surface area (TPSA) is 121 Å². The molecule has 4 atom stereocenters. The molecule has 0 bridgehead atoms. The molecular formula is C22H26O6. The Bertz CT molecular complexity index is 825. The van der Waals surface area contributed by atoms with Crippen LogP contribution < -0.4 is 0 Å². The Balaban J connectivity index is 2.27. The minimum absolute atomic E-state index is 0.569. The number of benzene rings is 2. The van der Waals surface area contributed by atoms with Gasteiger partial charge in [-0.05, 0) is 37.1 Å². The zero-order chi connectivity index (χ0) is 20.9. The molecule has 0 heterocycles. The average Bonchev–Trinajstić information content (AvgIpc) is 2.68. The maximum atomic E-state index is 10.7. The molecule has 6 heteroatoms. The van der Waals surface area contributed by atoms with Gasteiger partial charge in [-0.3, -0.25) is 0 Å². The van der Waals surface area contributed by atoms with E-state index in [4.69, 9.17) is 0 Å². The molecule has 0 unspecified atom stereocenters. The van der Waals surface area contributed by atoms with Crippen molar-refractivity contribution in [2.45, 2.75) is 37.3 Å². The molecule has 0 spiro atoms. The zero-order valence-corrected chi connectivity index (χ0v) is 15.8. The lowest BCUT2D eigenvalue weighted by atomic mass is 9.80. The molecule has 0 aromatic heterocycles. The highest BCUT2D eigenvalue weighted by molar-refractivity contribution is 5.54. The summed E-state index contributed by atoms with van der Waals surface area (Å²) in [6.07, 6.45) is -1.47. The lowest BCUT2D eigenvalue weighted by Gasteiger charge is -2.40. The Hall–Kier alpha value is -2.64. The largest absolute Gasteiger partial charge is 0.509 e. The summed E-state index contributed by atoms with van der Waals surface area (Å²) in [5.74, 6) is -1.21. The SMILES string of the molecule is C[C@@](O)([C@H](O)C(O)=Cc1ccccc1)[C@H](O)[C@@](C)(O)C(O)=Cc1ccccc1. The first-order valence-corrected chi connectivity index (χ1v) is 8.79. The highest BCUT2D eigenvalue weighted by Crippen LogP contribution is 2.32. The Labute approximate surface area is 164 Å². The second-order valence-corrected chi connectivity index (χ2v) is 7.10. The van der Waals surface area contributed by atoms with Crippen molar-refractivity contribution in [2.75, 3.05) is 0 Å². The van der Waals surface area contributed by atoms with Crippen molar-refractivity contribution in [3.63, 3.8) is 0 Å². The molecule has 0 saturated carbocycles. The van der Waals surface area contributed by atoms with Crippen LogP contribution >= 0.6 is 0 Å². The predicted octanol–water partition coefficient (Wildman–Crippen LogP) is 2.41. The Morgan fingerprint density at radius 3 is 1.68 bits per heavy atom. The molecule has 2 aromatic carbocycles. The van der Waals surface area contributed by atoms with E-state index >= 15 is 0 Å². The third-order valence-corrected chi connectivity index (χ3v) is 4.66. The maximum absolute atomic E-state index is 10.7. The predicted molar refractivity (Wildman–Crippen MR) is 107 cm³/mol. The minimum atomic E-state index is -2.38. The molecule has 6 N–H and O–H groups in total. The third kappa shape index (κ3) is 4.79. The van der Waals surface area contributed by atoms with E-state index in [9.17, 15) is 30.6 Å². The van der Waals surface area contributed by atoms with Gasteiger partial charge in [0.25, 0.3) is 0 Å². The molecular weight excluding hydrogens is 360 g/mol. The standard InChI is InChI=1S/C22H26O6/c1-21(27,18(24)14-16-11-7-4-8-12-16)20(26)22(2,28)19(25)17(23)13-15-9-5-3-6-10-15/h3-14,19-20,23-28H,1-2H3/t19-,20-,21+,22-/m1/s1. The van der Waals surface area contributed by atoms with E-state index < -0.39 is 34.9 Å². The molecule has 6 nitrogen and oxygen atoms in total. The first-order chi connectivity index (χ1) is 13.1. The van der Waals surface area contributed by atoms with Crippen LogP contribution in [0.4, 0.5) is 0 Å². The first kappa shape index (κ1) is 21.7. The van der Waals surface area contributed by atoms with Crippen LogP contribution in [0.1, 0.15) is 25.0 Å². The molecule has 2 rings (SSSR count). The summed E-state index contributed by atoms with van der Waals surface area (Å²) in [5.41, 5.74) is -3.53. The molecule has 0 aliphatic carbocycles. The highest BCUT2D eigenvalue weighted by Gasteiger charge is 2.50. The van der Waals surface area contributed by atoms with Gasteiger partial charge in [0.2, 0.25) is 0 Å². The van der Waals surface area contributed by atoms with E-state index in [-0.39, 0.29) is 0 Å². The summed E-state index contributed by atoms with van der Waals surface area (Å²) < 4.78 is 0. The fraction of sp³-hybridized carbons (Fsp3) is 0.273. The van der Waals surface area contributed by atoms with Crippen LogP contribution in [0.5, 0.6) is 0 Å². The van der Waals surface area contributed by atoms with Crippen molar-refractivity contribution < 1.29 is 30.6 Å². The second-order valence-electron chi connectivity index (χ2n) is 7.10. The number of rotatable bonds is 7. The normalized spacial score (nSPS) is 19.4. The Morgan fingerprint density at radius 2 is 1.21 bits per heavy atom. The summed E-state index contributed by atoms with van der Waals surface area (Å²) in [4.78, 5) is 0. The van der Waals surface area contributed by atoms with E-state index in [0.717, 1.165) is 13.8 Å². The van der Waals surface area contributed by atoms with E-state index in [2.05, 4.69) is 0 Å². The maximum Gasteiger partial charge on any atom is 0.147 e. The van der Waals surface area contributed by atoms with E-state index in [1.165, 1.54) is 12.2 Å². The Morgan fingerprint density at radius 1 is 0.786 bits per heavy atom. The summed E-state index contributed by atoms with van der Waals surface area (Å²) in [6.45, 7) is 2.16. The van der Waals surface area contributed by atoms with Gasteiger partial charge in [0, 0.05) is 0 Å². The fourth-order valence-electron chi connectivity index (χ4n) is 2.81. The van der Waals surface area contributed by atoms with Gasteiger partial charge < -0.3 is 30.6 Å². The van der Waals surface area contributed by atoms with Gasteiger partial charge in [-0.1, -0.05) is 60.7 Å². The quantitative estimate of drug-likeness (QED) is 0.407. The molecule has 150 valence electrons. The molecule has 0 amide bonds. The van der Waals surface area contributed by atoms with Gasteiger partial charge >= 0.3 is 0 Å². The Kier molecular flexibility index (Phi) is 6.64. The van der Waals surface area contributed by atoms with Gasteiger partial charge in [0.15, 0.2) is 0 Å². The van der Waals surface area contributed by atoms with E-state index in [0.29, 0.717) is 11.1 Å². The zero-order valence-electron chi connectivity index (χ0n) is 15.8. The van der Waals surface area contributed by atoms with Crippen molar-refractivity contribution in [3.05, 3.63) is 83.3 Å². The van der Waals surface area contributed by atoms with Crippen LogP contribution in [0.25, 0.3) is 12.2 Å². The van der Waals surface area contributed by atoms with Gasteiger partial charge in [-0.25, -0.2) is 0 Å². The van der Waals surface area contributed by atoms with Crippen molar-refractivity contribution in [3.8, 4) is 0 Å². The first-order valence-electron chi connectivity index (χ1n) is 8.79. The number of hydrogen-bond acceptors (Lipinski definition) is 6.